The van der Waals surface area contributed by atoms with Crippen LogP contribution in [0.1, 0.15) is 40.0 Å². The summed E-state index contributed by atoms with van der Waals surface area (Å²) in [6, 6.07) is 0. The Morgan fingerprint density at radius 3 is 1.67 bits per heavy atom. The average Bonchev–Trinajstić information content (AvgIpc) is 1.87. The predicted octanol–water partition coefficient (Wildman–Crippen LogP) is 1.26. The first-order valence-electron chi connectivity index (χ1n) is 4.40. The van der Waals surface area contributed by atoms with Crippen LogP contribution in [-0.4, -0.2) is 11.7 Å². The quantitative estimate of drug-likeness (QED) is 0.636. The highest BCUT2D eigenvalue weighted by Gasteiger charge is 2.46. The maximum absolute atomic E-state index is 10.9. The molecule has 0 aliphatic heterocycles. The average molecular weight is 171 g/mol. The summed E-state index contributed by atoms with van der Waals surface area (Å²) in [6.45, 7) is 5.43. The Labute approximate surface area is 73.3 Å². The van der Waals surface area contributed by atoms with Crippen LogP contribution in [0.15, 0.2) is 0 Å². The second-order valence-electron chi connectivity index (χ2n) is 2.86. The van der Waals surface area contributed by atoms with Crippen LogP contribution in [0.2, 0.25) is 0 Å². The molecule has 0 radical (unpaired) electrons. The van der Waals surface area contributed by atoms with Gasteiger partial charge in [0, 0.05) is 0 Å². The Hall–Kier alpha value is -0.860. The standard InChI is InChI=1S/C7H11NO2.C2H6/c1-5(9)7(6(8)10)3-2-4-7;1-2/h2-4H2,1H3,(H2,8,10);1-2H3. The number of nitrogens with two attached hydrogens (primary N) is 1. The zero-order valence-electron chi connectivity index (χ0n) is 8.02. The smallest absolute Gasteiger partial charge is 0.231 e. The van der Waals surface area contributed by atoms with Gasteiger partial charge in [-0.1, -0.05) is 20.3 Å². The normalized spacial score (nSPS) is 18.2. The molecule has 0 saturated heterocycles. The van der Waals surface area contributed by atoms with E-state index in [1.807, 2.05) is 13.8 Å². The molecular weight excluding hydrogens is 154 g/mol. The Balaban J connectivity index is 0.000000561. The number of amides is 1. The first-order chi connectivity index (χ1) is 5.59. The van der Waals surface area contributed by atoms with Crippen LogP contribution in [0.5, 0.6) is 0 Å². The fraction of sp³-hybridized carbons (Fsp3) is 0.778. The van der Waals surface area contributed by atoms with Crippen LogP contribution in [0.3, 0.4) is 0 Å². The van der Waals surface area contributed by atoms with Crippen molar-refractivity contribution >= 4 is 11.7 Å². The summed E-state index contributed by atoms with van der Waals surface area (Å²) in [6.07, 6.45) is 2.25. The summed E-state index contributed by atoms with van der Waals surface area (Å²) in [7, 11) is 0. The minimum atomic E-state index is -0.778. The van der Waals surface area contributed by atoms with E-state index in [9.17, 15) is 9.59 Å². The molecule has 1 saturated carbocycles. The van der Waals surface area contributed by atoms with Gasteiger partial charge in [0.1, 0.15) is 11.2 Å². The minimum absolute atomic E-state index is 0.0775. The van der Waals surface area contributed by atoms with Gasteiger partial charge in [0.2, 0.25) is 5.91 Å². The van der Waals surface area contributed by atoms with Crippen molar-refractivity contribution in [1.82, 2.24) is 0 Å². The molecule has 12 heavy (non-hydrogen) atoms. The number of primary amides is 1. The predicted molar refractivity (Wildman–Crippen MR) is 47.5 cm³/mol. The van der Waals surface area contributed by atoms with Gasteiger partial charge in [-0.05, 0) is 19.8 Å². The first-order valence-corrected chi connectivity index (χ1v) is 4.40. The summed E-state index contributed by atoms with van der Waals surface area (Å²) >= 11 is 0. The number of ketones is 1. The van der Waals surface area contributed by atoms with Crippen molar-refractivity contribution in [2.45, 2.75) is 40.0 Å². The molecule has 1 rings (SSSR count). The highest BCUT2D eigenvalue weighted by atomic mass is 16.2. The number of carbonyl (C=O) groups is 2. The molecule has 3 nitrogen and oxygen atoms in total. The number of rotatable bonds is 2. The molecule has 70 valence electrons. The summed E-state index contributed by atoms with van der Waals surface area (Å²) in [5, 5.41) is 0. The van der Waals surface area contributed by atoms with E-state index in [4.69, 9.17) is 5.73 Å². The third-order valence-electron chi connectivity index (χ3n) is 2.35. The molecule has 0 unspecified atom stereocenters. The van der Waals surface area contributed by atoms with Crippen molar-refractivity contribution in [3.05, 3.63) is 0 Å². The largest absolute Gasteiger partial charge is 0.369 e. The lowest BCUT2D eigenvalue weighted by Crippen LogP contribution is -2.47. The van der Waals surface area contributed by atoms with E-state index in [0.29, 0.717) is 12.8 Å². The fourth-order valence-corrected chi connectivity index (χ4v) is 1.30. The van der Waals surface area contributed by atoms with Crippen molar-refractivity contribution in [1.29, 1.82) is 0 Å². The highest BCUT2D eigenvalue weighted by Crippen LogP contribution is 2.41. The van der Waals surface area contributed by atoms with Crippen molar-refractivity contribution in [3.8, 4) is 0 Å². The topological polar surface area (TPSA) is 60.2 Å². The molecule has 0 heterocycles. The van der Waals surface area contributed by atoms with E-state index in [1.165, 1.54) is 6.92 Å². The molecule has 3 heteroatoms. The second kappa shape index (κ2) is 4.24. The molecule has 0 aromatic heterocycles. The zero-order valence-corrected chi connectivity index (χ0v) is 8.02. The van der Waals surface area contributed by atoms with E-state index in [1.54, 1.807) is 0 Å². The molecule has 0 bridgehead atoms. The van der Waals surface area contributed by atoms with Gasteiger partial charge in [0.25, 0.3) is 0 Å². The molecule has 0 aromatic carbocycles. The Bertz CT molecular complexity index is 167. The zero-order chi connectivity index (χ0) is 9.78. The van der Waals surface area contributed by atoms with Crippen LogP contribution in [0.4, 0.5) is 0 Å². The van der Waals surface area contributed by atoms with E-state index in [2.05, 4.69) is 0 Å². The highest BCUT2D eigenvalue weighted by molar-refractivity contribution is 6.05. The molecule has 0 atom stereocenters. The van der Waals surface area contributed by atoms with Crippen molar-refractivity contribution in [3.63, 3.8) is 0 Å². The lowest BCUT2D eigenvalue weighted by atomic mass is 9.66. The summed E-state index contributed by atoms with van der Waals surface area (Å²) < 4.78 is 0. The third-order valence-corrected chi connectivity index (χ3v) is 2.35. The van der Waals surface area contributed by atoms with E-state index in [-0.39, 0.29) is 5.78 Å². The number of hydrogen-bond acceptors (Lipinski definition) is 2. The SMILES string of the molecule is CC.CC(=O)C1(C(N)=O)CCC1. The van der Waals surface area contributed by atoms with Crippen LogP contribution >= 0.6 is 0 Å². The van der Waals surface area contributed by atoms with Gasteiger partial charge in [-0.3, -0.25) is 9.59 Å². The Kier molecular flexibility index (Phi) is 3.93. The van der Waals surface area contributed by atoms with Gasteiger partial charge in [0.05, 0.1) is 0 Å². The van der Waals surface area contributed by atoms with Crippen LogP contribution in [-0.2, 0) is 9.59 Å². The fourth-order valence-electron chi connectivity index (χ4n) is 1.30. The van der Waals surface area contributed by atoms with E-state index in [0.717, 1.165) is 6.42 Å². The molecule has 2 N–H and O–H groups in total. The number of carbonyl (C=O) groups excluding carboxylic acids is 2. The van der Waals surface area contributed by atoms with Gasteiger partial charge < -0.3 is 5.73 Å². The molecule has 1 fully saturated rings. The van der Waals surface area contributed by atoms with Gasteiger partial charge in [-0.15, -0.1) is 0 Å². The molecule has 1 aliphatic rings. The van der Waals surface area contributed by atoms with Gasteiger partial charge in [-0.25, -0.2) is 0 Å². The van der Waals surface area contributed by atoms with E-state index < -0.39 is 11.3 Å². The van der Waals surface area contributed by atoms with Gasteiger partial charge >= 0.3 is 0 Å². The third kappa shape index (κ3) is 1.65. The van der Waals surface area contributed by atoms with Gasteiger partial charge in [-0.2, -0.15) is 0 Å². The Morgan fingerprint density at radius 2 is 1.67 bits per heavy atom. The summed E-state index contributed by atoms with van der Waals surface area (Å²) in [5.74, 6) is -0.530. The maximum atomic E-state index is 10.9. The maximum Gasteiger partial charge on any atom is 0.231 e. The van der Waals surface area contributed by atoms with Crippen LogP contribution < -0.4 is 5.73 Å². The number of Topliss-reactive ketones (excluding diaryl/α,β-unsaturated/α-hetero) is 1. The van der Waals surface area contributed by atoms with Crippen LogP contribution in [0.25, 0.3) is 0 Å². The lowest BCUT2D eigenvalue weighted by molar-refractivity contribution is -0.144. The van der Waals surface area contributed by atoms with Crippen molar-refractivity contribution in [2.75, 3.05) is 0 Å². The monoisotopic (exact) mass is 171 g/mol. The molecule has 1 aliphatic carbocycles. The van der Waals surface area contributed by atoms with Crippen LogP contribution in [0, 0.1) is 5.41 Å². The van der Waals surface area contributed by atoms with Crippen molar-refractivity contribution in [2.24, 2.45) is 11.1 Å². The molecule has 0 spiro atoms. The van der Waals surface area contributed by atoms with E-state index >= 15 is 0 Å². The first kappa shape index (κ1) is 11.1. The number of hydrogen-bond donors (Lipinski definition) is 1. The molecule has 1 amide bonds. The van der Waals surface area contributed by atoms with Gasteiger partial charge in [0.15, 0.2) is 0 Å². The summed E-state index contributed by atoms with van der Waals surface area (Å²) in [5.41, 5.74) is 4.30. The molecular formula is C9H17NO2. The lowest BCUT2D eigenvalue weighted by Gasteiger charge is -2.35. The second-order valence-corrected chi connectivity index (χ2v) is 2.86. The summed E-state index contributed by atoms with van der Waals surface area (Å²) in [4.78, 5) is 21.6. The van der Waals surface area contributed by atoms with Crippen molar-refractivity contribution < 1.29 is 9.59 Å². The molecule has 0 aromatic rings. The minimum Gasteiger partial charge on any atom is -0.369 e. The Morgan fingerprint density at radius 1 is 1.25 bits per heavy atom.